The van der Waals surface area contributed by atoms with Gasteiger partial charge in [0.1, 0.15) is 24.7 Å². The van der Waals surface area contributed by atoms with Crippen molar-refractivity contribution < 1.29 is 19.0 Å². The molecule has 0 saturated carbocycles. The van der Waals surface area contributed by atoms with Crippen LogP contribution in [0.2, 0.25) is 0 Å². The molecule has 2 rings (SSSR count). The Kier molecular flexibility index (Phi) is 8.45. The first-order valence-corrected chi connectivity index (χ1v) is 9.10. The Balaban J connectivity index is 1.87. The fourth-order valence-corrected chi connectivity index (χ4v) is 2.36. The average molecular weight is 401 g/mol. The summed E-state index contributed by atoms with van der Waals surface area (Å²) in [6, 6.07) is 14.1. The summed E-state index contributed by atoms with van der Waals surface area (Å²) in [5, 5.41) is 5.82. The minimum atomic E-state index is -0.310. The summed E-state index contributed by atoms with van der Waals surface area (Å²) in [6.45, 7) is 7.09. The van der Waals surface area contributed by atoms with Gasteiger partial charge >= 0.3 is 0 Å². The zero-order chi connectivity index (χ0) is 20.4. The number of methoxy groups -OCH3 is 1. The number of thiocarbonyl (C=S) groups is 1. The van der Waals surface area contributed by atoms with Crippen LogP contribution in [0, 0.1) is 0 Å². The van der Waals surface area contributed by atoms with Crippen LogP contribution in [0.15, 0.2) is 60.7 Å². The van der Waals surface area contributed by atoms with E-state index in [1.54, 1.807) is 37.4 Å². The maximum atomic E-state index is 12.3. The van der Waals surface area contributed by atoms with Gasteiger partial charge in [-0.25, -0.2) is 0 Å². The van der Waals surface area contributed by atoms with Crippen LogP contribution in [-0.2, 0) is 4.74 Å². The van der Waals surface area contributed by atoms with Crippen molar-refractivity contribution in [1.29, 1.82) is 0 Å². The summed E-state index contributed by atoms with van der Waals surface area (Å²) in [6.07, 6.45) is 0. The second kappa shape index (κ2) is 11.1. The van der Waals surface area contributed by atoms with Crippen molar-refractivity contribution in [3.05, 3.63) is 66.2 Å². The highest BCUT2D eigenvalue weighted by molar-refractivity contribution is 7.80. The molecule has 0 radical (unpaired) electrons. The monoisotopic (exact) mass is 400 g/mol. The SMILES string of the molecule is C=C(C)COc1cccc(NC(=S)NC(=O)c2ccc(OCCOC)cc2)c1. The van der Waals surface area contributed by atoms with Crippen molar-refractivity contribution in [3.8, 4) is 11.5 Å². The third kappa shape index (κ3) is 7.38. The Morgan fingerprint density at radius 2 is 1.82 bits per heavy atom. The maximum absolute atomic E-state index is 12.3. The van der Waals surface area contributed by atoms with Crippen LogP contribution < -0.4 is 20.1 Å². The van der Waals surface area contributed by atoms with Gasteiger partial charge in [-0.15, -0.1) is 0 Å². The van der Waals surface area contributed by atoms with Gasteiger partial charge in [-0.05, 0) is 61.1 Å². The van der Waals surface area contributed by atoms with E-state index in [1.165, 1.54) is 0 Å². The Labute approximate surface area is 170 Å². The Morgan fingerprint density at radius 1 is 1.07 bits per heavy atom. The third-order valence-corrected chi connectivity index (χ3v) is 3.68. The number of ether oxygens (including phenoxy) is 3. The molecule has 0 aliphatic carbocycles. The zero-order valence-electron chi connectivity index (χ0n) is 16.0. The first-order valence-electron chi connectivity index (χ1n) is 8.69. The molecule has 0 aliphatic rings. The molecule has 2 aromatic rings. The van der Waals surface area contributed by atoms with E-state index >= 15 is 0 Å². The number of carbonyl (C=O) groups is 1. The highest BCUT2D eigenvalue weighted by atomic mass is 32.1. The summed E-state index contributed by atoms with van der Waals surface area (Å²) in [7, 11) is 1.61. The maximum Gasteiger partial charge on any atom is 0.257 e. The van der Waals surface area contributed by atoms with Crippen molar-refractivity contribution in [2.75, 3.05) is 32.2 Å². The molecule has 0 saturated heterocycles. The molecule has 0 aromatic heterocycles. The van der Waals surface area contributed by atoms with Gasteiger partial charge in [0.05, 0.1) is 6.61 Å². The highest BCUT2D eigenvalue weighted by Gasteiger charge is 2.09. The van der Waals surface area contributed by atoms with E-state index in [9.17, 15) is 4.79 Å². The van der Waals surface area contributed by atoms with E-state index in [0.29, 0.717) is 42.6 Å². The molecule has 0 heterocycles. The predicted molar refractivity (Wildman–Crippen MR) is 114 cm³/mol. The summed E-state index contributed by atoms with van der Waals surface area (Å²) >= 11 is 5.22. The van der Waals surface area contributed by atoms with Crippen molar-refractivity contribution >= 4 is 28.9 Å². The lowest BCUT2D eigenvalue weighted by Gasteiger charge is -2.12. The fourth-order valence-electron chi connectivity index (χ4n) is 2.15. The first-order chi connectivity index (χ1) is 13.5. The molecular weight excluding hydrogens is 376 g/mol. The molecule has 148 valence electrons. The van der Waals surface area contributed by atoms with Crippen LogP contribution in [0.1, 0.15) is 17.3 Å². The van der Waals surface area contributed by atoms with E-state index in [2.05, 4.69) is 17.2 Å². The van der Waals surface area contributed by atoms with Gasteiger partial charge in [-0.1, -0.05) is 12.6 Å². The zero-order valence-corrected chi connectivity index (χ0v) is 16.8. The average Bonchev–Trinajstić information content (AvgIpc) is 2.67. The summed E-state index contributed by atoms with van der Waals surface area (Å²) < 4.78 is 16.0. The standard InChI is InChI=1S/C21H24N2O4S/c1-15(2)14-27-19-6-4-5-17(13-19)22-21(28)23-20(24)16-7-9-18(10-8-16)26-12-11-25-3/h4-10,13H,1,11-12,14H2,2-3H3,(H2,22,23,24,28). The van der Waals surface area contributed by atoms with E-state index in [1.807, 2.05) is 25.1 Å². The number of carbonyl (C=O) groups excluding carboxylic acids is 1. The number of benzene rings is 2. The van der Waals surface area contributed by atoms with Crippen LogP contribution >= 0.6 is 12.2 Å². The van der Waals surface area contributed by atoms with Crippen molar-refractivity contribution in [1.82, 2.24) is 5.32 Å². The smallest absolute Gasteiger partial charge is 0.257 e. The van der Waals surface area contributed by atoms with Gasteiger partial charge in [0.15, 0.2) is 5.11 Å². The molecule has 0 atom stereocenters. The van der Waals surface area contributed by atoms with Gasteiger partial charge in [0, 0.05) is 24.4 Å². The molecule has 1 amide bonds. The van der Waals surface area contributed by atoms with Crippen LogP contribution in [0.3, 0.4) is 0 Å². The van der Waals surface area contributed by atoms with Crippen LogP contribution in [0.5, 0.6) is 11.5 Å². The summed E-state index contributed by atoms with van der Waals surface area (Å²) in [4.78, 5) is 12.3. The van der Waals surface area contributed by atoms with E-state index in [0.717, 1.165) is 5.57 Å². The van der Waals surface area contributed by atoms with Crippen LogP contribution in [-0.4, -0.2) is 38.0 Å². The summed E-state index contributed by atoms with van der Waals surface area (Å²) in [5.41, 5.74) is 2.12. The fraction of sp³-hybridized carbons (Fsp3) is 0.238. The van der Waals surface area contributed by atoms with Crippen LogP contribution in [0.25, 0.3) is 0 Å². The topological polar surface area (TPSA) is 68.8 Å². The van der Waals surface area contributed by atoms with E-state index in [4.69, 9.17) is 26.4 Å². The third-order valence-electron chi connectivity index (χ3n) is 3.48. The lowest BCUT2D eigenvalue weighted by atomic mass is 10.2. The quantitative estimate of drug-likeness (QED) is 0.379. The molecule has 0 unspecified atom stereocenters. The van der Waals surface area contributed by atoms with Gasteiger partial charge in [0.25, 0.3) is 5.91 Å². The number of rotatable bonds is 9. The number of hydrogen-bond acceptors (Lipinski definition) is 5. The van der Waals surface area contributed by atoms with Gasteiger partial charge in [-0.3, -0.25) is 10.1 Å². The minimum Gasteiger partial charge on any atom is -0.491 e. The molecule has 2 aromatic carbocycles. The number of amides is 1. The molecule has 6 nitrogen and oxygen atoms in total. The first kappa shape index (κ1) is 21.4. The molecule has 2 N–H and O–H groups in total. The number of nitrogens with one attached hydrogen (secondary N) is 2. The molecular formula is C21H24N2O4S. The lowest BCUT2D eigenvalue weighted by Crippen LogP contribution is -2.34. The second-order valence-corrected chi connectivity index (χ2v) is 6.46. The van der Waals surface area contributed by atoms with E-state index < -0.39 is 0 Å². The molecule has 28 heavy (non-hydrogen) atoms. The van der Waals surface area contributed by atoms with Crippen molar-refractivity contribution in [2.45, 2.75) is 6.92 Å². The predicted octanol–water partition coefficient (Wildman–Crippen LogP) is 3.79. The molecule has 7 heteroatoms. The Hall–Kier alpha value is -2.90. The van der Waals surface area contributed by atoms with Gasteiger partial charge < -0.3 is 19.5 Å². The largest absolute Gasteiger partial charge is 0.491 e. The molecule has 0 fully saturated rings. The Bertz CT molecular complexity index is 821. The molecule has 0 spiro atoms. The second-order valence-electron chi connectivity index (χ2n) is 6.05. The van der Waals surface area contributed by atoms with E-state index in [-0.39, 0.29) is 11.0 Å². The summed E-state index contributed by atoms with van der Waals surface area (Å²) in [5.74, 6) is 1.04. The normalized spacial score (nSPS) is 10.1. The number of hydrogen-bond donors (Lipinski definition) is 2. The highest BCUT2D eigenvalue weighted by Crippen LogP contribution is 2.18. The number of anilines is 1. The van der Waals surface area contributed by atoms with Crippen molar-refractivity contribution in [2.24, 2.45) is 0 Å². The molecule has 0 bridgehead atoms. The van der Waals surface area contributed by atoms with Gasteiger partial charge in [-0.2, -0.15) is 0 Å². The Morgan fingerprint density at radius 3 is 2.50 bits per heavy atom. The molecule has 0 aliphatic heterocycles. The van der Waals surface area contributed by atoms with Gasteiger partial charge in [0.2, 0.25) is 0 Å². The van der Waals surface area contributed by atoms with Crippen molar-refractivity contribution in [3.63, 3.8) is 0 Å². The van der Waals surface area contributed by atoms with Crippen LogP contribution in [0.4, 0.5) is 5.69 Å². The lowest BCUT2D eigenvalue weighted by molar-refractivity contribution is 0.0977. The minimum absolute atomic E-state index is 0.197.